The number of ether oxygens (including phenoxy) is 1. The second kappa shape index (κ2) is 8.14. The summed E-state index contributed by atoms with van der Waals surface area (Å²) in [7, 11) is 1.56. The van der Waals surface area contributed by atoms with Gasteiger partial charge in [-0.05, 0) is 23.6 Å². The normalized spacial score (nSPS) is 12.0. The van der Waals surface area contributed by atoms with Crippen LogP contribution in [-0.2, 0) is 9.59 Å². The van der Waals surface area contributed by atoms with Crippen LogP contribution in [0.25, 0.3) is 6.08 Å². The van der Waals surface area contributed by atoms with Crippen molar-refractivity contribution in [3.8, 4) is 5.75 Å². The van der Waals surface area contributed by atoms with E-state index in [0.29, 0.717) is 5.75 Å². The van der Waals surface area contributed by atoms with Gasteiger partial charge in [-0.15, -0.1) is 11.3 Å². The number of carbonyl (C=O) groups excluding carboxylic acids is 1. The molecular formula is C17H17NO4S. The summed E-state index contributed by atoms with van der Waals surface area (Å²) in [5.74, 6) is -0.648. The summed E-state index contributed by atoms with van der Waals surface area (Å²) < 4.78 is 5.21. The maximum absolute atomic E-state index is 12.1. The Morgan fingerprint density at radius 2 is 2.09 bits per heavy atom. The second-order valence-corrected chi connectivity index (χ2v) is 5.73. The minimum atomic E-state index is -0.961. The summed E-state index contributed by atoms with van der Waals surface area (Å²) in [5, 5.41) is 13.6. The highest BCUT2D eigenvalue weighted by atomic mass is 32.1. The van der Waals surface area contributed by atoms with Crippen molar-refractivity contribution in [2.75, 3.05) is 7.11 Å². The first-order valence-corrected chi connectivity index (χ1v) is 7.85. The third-order valence-electron chi connectivity index (χ3n) is 3.14. The maximum Gasteiger partial charge on any atom is 0.305 e. The Morgan fingerprint density at radius 3 is 2.74 bits per heavy atom. The third-order valence-corrected chi connectivity index (χ3v) is 4.12. The molecule has 0 aliphatic heterocycles. The number of hydrogen-bond donors (Lipinski definition) is 2. The molecule has 23 heavy (non-hydrogen) atoms. The molecule has 6 heteroatoms. The summed E-state index contributed by atoms with van der Waals surface area (Å²) in [6.07, 6.45) is 2.86. The van der Waals surface area contributed by atoms with Crippen LogP contribution in [0, 0.1) is 0 Å². The van der Waals surface area contributed by atoms with E-state index in [1.165, 1.54) is 17.4 Å². The van der Waals surface area contributed by atoms with Crippen molar-refractivity contribution in [3.05, 3.63) is 58.3 Å². The van der Waals surface area contributed by atoms with E-state index < -0.39 is 12.0 Å². The number of carboxylic acids is 1. The molecule has 1 amide bonds. The van der Waals surface area contributed by atoms with Crippen molar-refractivity contribution in [1.82, 2.24) is 5.32 Å². The van der Waals surface area contributed by atoms with E-state index in [1.807, 2.05) is 35.7 Å². The van der Waals surface area contributed by atoms with E-state index in [2.05, 4.69) is 5.32 Å². The van der Waals surface area contributed by atoms with Crippen molar-refractivity contribution in [3.63, 3.8) is 0 Å². The van der Waals surface area contributed by atoms with E-state index in [0.717, 1.165) is 10.4 Å². The van der Waals surface area contributed by atoms with Gasteiger partial charge in [-0.25, -0.2) is 0 Å². The zero-order valence-electron chi connectivity index (χ0n) is 12.6. The van der Waals surface area contributed by atoms with E-state index >= 15 is 0 Å². The van der Waals surface area contributed by atoms with E-state index in [1.54, 1.807) is 19.3 Å². The average molecular weight is 331 g/mol. The molecule has 2 rings (SSSR count). The van der Waals surface area contributed by atoms with Crippen molar-refractivity contribution in [2.24, 2.45) is 0 Å². The molecule has 5 nitrogen and oxygen atoms in total. The molecule has 1 aromatic carbocycles. The molecule has 0 aliphatic rings. The summed E-state index contributed by atoms with van der Waals surface area (Å²) in [6, 6.07) is 10.4. The maximum atomic E-state index is 12.1. The van der Waals surface area contributed by atoms with Crippen molar-refractivity contribution >= 4 is 29.3 Å². The molecular weight excluding hydrogens is 314 g/mol. The number of carbonyl (C=O) groups is 2. The van der Waals surface area contributed by atoms with E-state index in [4.69, 9.17) is 9.84 Å². The summed E-state index contributed by atoms with van der Waals surface area (Å²) in [5.41, 5.74) is 0.774. The Balaban J connectivity index is 2.07. The lowest BCUT2D eigenvalue weighted by Crippen LogP contribution is -2.28. The third kappa shape index (κ3) is 4.96. The Kier molecular flexibility index (Phi) is 5.94. The molecule has 2 aromatic rings. The topological polar surface area (TPSA) is 75.6 Å². The Labute approximate surface area is 138 Å². The molecule has 0 bridgehead atoms. The second-order valence-electron chi connectivity index (χ2n) is 4.75. The monoisotopic (exact) mass is 331 g/mol. The largest absolute Gasteiger partial charge is 0.496 e. The minimum Gasteiger partial charge on any atom is -0.496 e. The number of benzene rings is 1. The number of aliphatic carboxylic acids is 1. The molecule has 0 radical (unpaired) electrons. The zero-order valence-corrected chi connectivity index (χ0v) is 13.4. The van der Waals surface area contributed by atoms with Gasteiger partial charge in [0.1, 0.15) is 5.75 Å². The quantitative estimate of drug-likeness (QED) is 0.765. The molecule has 0 saturated carbocycles. The smallest absolute Gasteiger partial charge is 0.305 e. The highest BCUT2D eigenvalue weighted by Gasteiger charge is 2.17. The number of carboxylic acid groups (broad SMARTS) is 1. The zero-order chi connectivity index (χ0) is 16.7. The van der Waals surface area contributed by atoms with Crippen LogP contribution in [0.5, 0.6) is 5.75 Å². The number of amides is 1. The van der Waals surface area contributed by atoms with Gasteiger partial charge in [-0.1, -0.05) is 24.3 Å². The number of thiophene rings is 1. The van der Waals surface area contributed by atoms with Gasteiger partial charge in [0.05, 0.1) is 19.6 Å². The highest BCUT2D eigenvalue weighted by molar-refractivity contribution is 7.10. The lowest BCUT2D eigenvalue weighted by Gasteiger charge is -2.14. The summed E-state index contributed by atoms with van der Waals surface area (Å²) in [4.78, 5) is 23.9. The SMILES string of the molecule is COc1ccccc1C=CC(=O)NC(CC(=O)O)c1cccs1. The molecule has 1 atom stereocenters. The lowest BCUT2D eigenvalue weighted by molar-refractivity contribution is -0.137. The van der Waals surface area contributed by atoms with Gasteiger partial charge in [-0.2, -0.15) is 0 Å². The molecule has 0 fully saturated rings. The van der Waals surface area contributed by atoms with Crippen LogP contribution in [-0.4, -0.2) is 24.1 Å². The van der Waals surface area contributed by atoms with Crippen LogP contribution in [0.15, 0.2) is 47.9 Å². The molecule has 0 aliphatic carbocycles. The minimum absolute atomic E-state index is 0.158. The van der Waals surface area contributed by atoms with Crippen LogP contribution in [0.4, 0.5) is 0 Å². The fourth-order valence-electron chi connectivity index (χ4n) is 2.08. The summed E-state index contributed by atoms with van der Waals surface area (Å²) >= 11 is 1.41. The fraction of sp³-hybridized carbons (Fsp3) is 0.176. The first-order chi connectivity index (χ1) is 11.1. The van der Waals surface area contributed by atoms with E-state index in [-0.39, 0.29) is 12.3 Å². The Morgan fingerprint density at radius 1 is 1.30 bits per heavy atom. The number of para-hydroxylation sites is 1. The molecule has 1 heterocycles. The Hall–Kier alpha value is -2.60. The Bertz CT molecular complexity index is 694. The predicted octanol–water partition coefficient (Wildman–Crippen LogP) is 3.10. The van der Waals surface area contributed by atoms with Gasteiger partial charge in [0.15, 0.2) is 0 Å². The summed E-state index contributed by atoms with van der Waals surface area (Å²) in [6.45, 7) is 0. The van der Waals surface area contributed by atoms with Gasteiger partial charge in [0.25, 0.3) is 0 Å². The van der Waals surface area contributed by atoms with Crippen LogP contribution < -0.4 is 10.1 Å². The molecule has 2 N–H and O–H groups in total. The van der Waals surface area contributed by atoms with Crippen molar-refractivity contribution < 1.29 is 19.4 Å². The first kappa shape index (κ1) is 16.8. The van der Waals surface area contributed by atoms with Gasteiger partial charge in [-0.3, -0.25) is 9.59 Å². The van der Waals surface area contributed by atoms with Gasteiger partial charge in [0.2, 0.25) is 5.91 Å². The standard InChI is InChI=1S/C17H17NO4S/c1-22-14-6-3-2-5-12(14)8-9-16(19)18-13(11-17(20)21)15-7-4-10-23-15/h2-10,13H,11H2,1H3,(H,18,19)(H,20,21). The van der Waals surface area contributed by atoms with Gasteiger partial charge < -0.3 is 15.2 Å². The predicted molar refractivity (Wildman–Crippen MR) is 89.5 cm³/mol. The molecule has 1 unspecified atom stereocenters. The first-order valence-electron chi connectivity index (χ1n) is 6.97. The molecule has 120 valence electrons. The van der Waals surface area contributed by atoms with Crippen LogP contribution in [0.2, 0.25) is 0 Å². The van der Waals surface area contributed by atoms with E-state index in [9.17, 15) is 9.59 Å². The molecule has 1 aromatic heterocycles. The van der Waals surface area contributed by atoms with Gasteiger partial charge >= 0.3 is 5.97 Å². The highest BCUT2D eigenvalue weighted by Crippen LogP contribution is 2.22. The van der Waals surface area contributed by atoms with Crippen molar-refractivity contribution in [2.45, 2.75) is 12.5 Å². The average Bonchev–Trinajstić information content (AvgIpc) is 3.06. The number of rotatable bonds is 7. The van der Waals surface area contributed by atoms with Crippen LogP contribution in [0.3, 0.4) is 0 Å². The number of methoxy groups -OCH3 is 1. The van der Waals surface area contributed by atoms with Crippen molar-refractivity contribution in [1.29, 1.82) is 0 Å². The lowest BCUT2D eigenvalue weighted by atomic mass is 10.1. The molecule has 0 saturated heterocycles. The fourth-order valence-corrected chi connectivity index (χ4v) is 2.85. The van der Waals surface area contributed by atoms with Crippen LogP contribution in [0.1, 0.15) is 22.9 Å². The van der Waals surface area contributed by atoms with Gasteiger partial charge in [0, 0.05) is 16.5 Å². The number of nitrogens with one attached hydrogen (secondary N) is 1. The van der Waals surface area contributed by atoms with Crippen LogP contribution >= 0.6 is 11.3 Å². The number of hydrogen-bond acceptors (Lipinski definition) is 4. The molecule has 0 spiro atoms.